The molecule has 3 rings (SSSR count). The van der Waals surface area contributed by atoms with Crippen LogP contribution in [-0.4, -0.2) is 33.9 Å². The van der Waals surface area contributed by atoms with Crippen molar-refractivity contribution in [2.45, 2.75) is 24.4 Å². The first-order valence-corrected chi connectivity index (χ1v) is 10.2. The van der Waals surface area contributed by atoms with Crippen LogP contribution in [0.2, 0.25) is 0 Å². The van der Waals surface area contributed by atoms with Gasteiger partial charge in [0.05, 0.1) is 16.2 Å². The normalized spacial score (nSPS) is 12.5. The summed E-state index contributed by atoms with van der Waals surface area (Å²) in [6.45, 7) is 1.30. The van der Waals surface area contributed by atoms with Gasteiger partial charge < -0.3 is 4.57 Å². The van der Waals surface area contributed by atoms with Gasteiger partial charge in [-0.25, -0.2) is 17.2 Å². The Hall–Kier alpha value is -2.89. The van der Waals surface area contributed by atoms with E-state index in [-0.39, 0.29) is 22.9 Å². The van der Waals surface area contributed by atoms with E-state index in [1.807, 2.05) is 0 Å². The summed E-state index contributed by atoms with van der Waals surface area (Å²) in [4.78, 5) is 3.10. The van der Waals surface area contributed by atoms with Crippen LogP contribution in [-0.2, 0) is 23.1 Å². The molecule has 3 aromatic rings. The maximum absolute atomic E-state index is 13.1. The monoisotopic (exact) mass is 446 g/mol. The molecule has 12 heteroatoms. The second kappa shape index (κ2) is 7.74. The molecule has 2 heterocycles. The summed E-state index contributed by atoms with van der Waals surface area (Å²) in [5.41, 5.74) is -1.27. The van der Waals surface area contributed by atoms with Gasteiger partial charge in [0.2, 0.25) is 0 Å². The van der Waals surface area contributed by atoms with Crippen LogP contribution < -0.4 is 0 Å². The molecule has 0 N–H and O–H groups in total. The van der Waals surface area contributed by atoms with Gasteiger partial charge in [-0.3, -0.25) is 4.98 Å². The van der Waals surface area contributed by atoms with Gasteiger partial charge in [-0.05, 0) is 6.07 Å². The van der Waals surface area contributed by atoms with E-state index in [1.54, 1.807) is 0 Å². The van der Waals surface area contributed by atoms with Gasteiger partial charge in [-0.2, -0.15) is 13.2 Å². The summed E-state index contributed by atoms with van der Waals surface area (Å²) in [7, 11) is -2.61. The second-order valence-corrected chi connectivity index (χ2v) is 8.55. The predicted octanol–water partition coefficient (Wildman–Crippen LogP) is 4.29. The first-order chi connectivity index (χ1) is 14.0. The molecule has 0 aliphatic heterocycles. The highest BCUT2D eigenvalue weighted by atomic mass is 32.2. The minimum absolute atomic E-state index is 0.0799. The van der Waals surface area contributed by atoms with Gasteiger partial charge >= 0.3 is 6.18 Å². The number of benzene rings is 1. The number of hydrogen-bond acceptors (Lipinski definition) is 5. The molecule has 2 aromatic heterocycles. The van der Waals surface area contributed by atoms with E-state index in [2.05, 4.69) is 15.2 Å². The van der Waals surface area contributed by atoms with E-state index >= 15 is 0 Å². The zero-order valence-corrected chi connectivity index (χ0v) is 16.5. The van der Waals surface area contributed by atoms with Crippen LogP contribution in [0, 0.1) is 0 Å². The summed E-state index contributed by atoms with van der Waals surface area (Å²) >= 11 is 0. The quantitative estimate of drug-likeness (QED) is 0.547. The van der Waals surface area contributed by atoms with Crippen molar-refractivity contribution in [2.24, 2.45) is 7.05 Å². The zero-order valence-electron chi connectivity index (χ0n) is 15.7. The van der Waals surface area contributed by atoms with Crippen molar-refractivity contribution >= 4 is 9.84 Å². The lowest BCUT2D eigenvalue weighted by molar-refractivity contribution is -0.138. The maximum Gasteiger partial charge on any atom is 0.417 e. The van der Waals surface area contributed by atoms with Gasteiger partial charge in [0, 0.05) is 24.4 Å². The van der Waals surface area contributed by atoms with Crippen molar-refractivity contribution in [3.05, 3.63) is 47.7 Å². The standard InChI is InChI=1S/C18H15F5N4O2S/c1-3-30(28,29)13-8-12(18(21,22)23)9-24-14(13)17-26-25-16(27(17)2)11-6-4-10(5-7-11)15(19)20/h4-9,15H,3H2,1-2H3. The van der Waals surface area contributed by atoms with E-state index in [4.69, 9.17) is 0 Å². The summed E-state index contributed by atoms with van der Waals surface area (Å²) in [5.74, 6) is -0.320. The lowest BCUT2D eigenvalue weighted by Crippen LogP contribution is -2.13. The van der Waals surface area contributed by atoms with E-state index in [0.29, 0.717) is 17.8 Å². The molecule has 0 aliphatic rings. The third-order valence-corrected chi connectivity index (χ3v) is 6.14. The maximum atomic E-state index is 13.1. The van der Waals surface area contributed by atoms with Gasteiger partial charge in [0.25, 0.3) is 6.43 Å². The number of hydrogen-bond donors (Lipinski definition) is 0. The number of halogens is 5. The van der Waals surface area contributed by atoms with Crippen LogP contribution >= 0.6 is 0 Å². The Morgan fingerprint density at radius 3 is 2.20 bits per heavy atom. The highest BCUT2D eigenvalue weighted by molar-refractivity contribution is 7.91. The summed E-state index contributed by atoms with van der Waals surface area (Å²) in [6.07, 6.45) is -6.90. The third kappa shape index (κ3) is 4.04. The minimum atomic E-state index is -4.78. The summed E-state index contributed by atoms with van der Waals surface area (Å²) < 4.78 is 90.9. The molecular weight excluding hydrogens is 431 g/mol. The van der Waals surface area contributed by atoms with Gasteiger partial charge in [-0.1, -0.05) is 31.2 Å². The summed E-state index contributed by atoms with van der Waals surface area (Å²) in [5, 5.41) is 7.80. The number of rotatable bonds is 5. The fraction of sp³-hybridized carbons (Fsp3) is 0.278. The molecule has 0 radical (unpaired) electrons. The Labute approximate surface area is 168 Å². The number of nitrogens with zero attached hydrogens (tertiary/aromatic N) is 4. The Morgan fingerprint density at radius 1 is 1.07 bits per heavy atom. The molecule has 0 amide bonds. The summed E-state index contributed by atoms with van der Waals surface area (Å²) in [6, 6.07) is 5.71. The Balaban J connectivity index is 2.15. The molecule has 6 nitrogen and oxygen atoms in total. The van der Waals surface area contributed by atoms with E-state index in [9.17, 15) is 30.4 Å². The average Bonchev–Trinajstić information content (AvgIpc) is 3.08. The van der Waals surface area contributed by atoms with Crippen LogP contribution in [0.15, 0.2) is 41.4 Å². The molecule has 0 aliphatic carbocycles. The van der Waals surface area contributed by atoms with Crippen LogP contribution in [0.5, 0.6) is 0 Å². The smallest absolute Gasteiger partial charge is 0.309 e. The van der Waals surface area contributed by atoms with Crippen molar-refractivity contribution in [1.82, 2.24) is 19.7 Å². The Kier molecular flexibility index (Phi) is 5.63. The highest BCUT2D eigenvalue weighted by Crippen LogP contribution is 2.34. The molecule has 0 saturated heterocycles. The molecule has 0 spiro atoms. The molecule has 160 valence electrons. The number of pyridine rings is 1. The van der Waals surface area contributed by atoms with E-state index in [1.165, 1.54) is 42.8 Å². The largest absolute Gasteiger partial charge is 0.417 e. The fourth-order valence-corrected chi connectivity index (χ4v) is 3.78. The van der Waals surface area contributed by atoms with Crippen molar-refractivity contribution < 1.29 is 30.4 Å². The van der Waals surface area contributed by atoms with E-state index in [0.717, 1.165) is 0 Å². The second-order valence-electron chi connectivity index (χ2n) is 6.30. The highest BCUT2D eigenvalue weighted by Gasteiger charge is 2.34. The molecular formula is C18H15F5N4O2S. The lowest BCUT2D eigenvalue weighted by Gasteiger charge is -2.12. The third-order valence-electron chi connectivity index (χ3n) is 4.40. The van der Waals surface area contributed by atoms with Crippen LogP contribution in [0.25, 0.3) is 22.9 Å². The molecule has 0 bridgehead atoms. The molecule has 0 unspecified atom stereocenters. The van der Waals surface area contributed by atoms with Gasteiger partial charge in [0.15, 0.2) is 21.5 Å². The van der Waals surface area contributed by atoms with Gasteiger partial charge in [-0.15, -0.1) is 10.2 Å². The fourth-order valence-electron chi connectivity index (χ4n) is 2.72. The van der Waals surface area contributed by atoms with Crippen molar-refractivity contribution in [3.8, 4) is 22.9 Å². The van der Waals surface area contributed by atoms with Crippen molar-refractivity contribution in [1.29, 1.82) is 0 Å². The Bertz CT molecular complexity index is 1170. The topological polar surface area (TPSA) is 77.7 Å². The van der Waals surface area contributed by atoms with Crippen molar-refractivity contribution in [3.63, 3.8) is 0 Å². The first-order valence-electron chi connectivity index (χ1n) is 8.54. The molecule has 1 aromatic carbocycles. The van der Waals surface area contributed by atoms with Crippen LogP contribution in [0.1, 0.15) is 24.5 Å². The molecule has 30 heavy (non-hydrogen) atoms. The first kappa shape index (κ1) is 21.8. The zero-order chi connectivity index (χ0) is 22.3. The number of aromatic nitrogens is 4. The number of alkyl halides is 5. The molecule has 0 saturated carbocycles. The van der Waals surface area contributed by atoms with Crippen LogP contribution in [0.4, 0.5) is 22.0 Å². The molecule has 0 fully saturated rings. The minimum Gasteiger partial charge on any atom is -0.309 e. The van der Waals surface area contributed by atoms with Gasteiger partial charge in [0.1, 0.15) is 5.69 Å². The van der Waals surface area contributed by atoms with E-state index < -0.39 is 38.7 Å². The average molecular weight is 446 g/mol. The van der Waals surface area contributed by atoms with Crippen molar-refractivity contribution in [2.75, 3.05) is 5.75 Å². The Morgan fingerprint density at radius 2 is 1.67 bits per heavy atom. The SMILES string of the molecule is CCS(=O)(=O)c1cc(C(F)(F)F)cnc1-c1nnc(-c2ccc(C(F)F)cc2)n1C. The van der Waals surface area contributed by atoms with Crippen LogP contribution in [0.3, 0.4) is 0 Å². The molecule has 0 atom stereocenters. The predicted molar refractivity (Wildman–Crippen MR) is 97.4 cm³/mol. The lowest BCUT2D eigenvalue weighted by atomic mass is 10.1. The number of sulfone groups is 1.